The van der Waals surface area contributed by atoms with Gasteiger partial charge in [-0.25, -0.2) is 4.79 Å². The number of alkyl halides is 3. The van der Waals surface area contributed by atoms with Gasteiger partial charge in [0.05, 0.1) is 11.1 Å². The van der Waals surface area contributed by atoms with Crippen LogP contribution in [0.5, 0.6) is 0 Å². The van der Waals surface area contributed by atoms with Gasteiger partial charge in [-0.3, -0.25) is 19.4 Å². The number of halogens is 3. The second kappa shape index (κ2) is 8.89. The number of nitrogens with zero attached hydrogens (tertiary/aromatic N) is 1. The third-order valence-electron chi connectivity index (χ3n) is 5.23. The lowest BCUT2D eigenvalue weighted by Gasteiger charge is -2.21. The standard InChI is InChI=1S/C24H15F3N2O5/c25-24(26,27)14-4-3-5-15(12-14)29-22(32)20(31)18(19(30)13-8-10-28-11-9-13)21-16-6-1-2-7-17(16)23(33)34-21/h1-12,18,21H,(H,29,32)/t18-,21-/m1/s1. The van der Waals surface area contributed by atoms with E-state index in [1.54, 1.807) is 12.1 Å². The summed E-state index contributed by atoms with van der Waals surface area (Å²) in [5.41, 5.74) is -0.875. The molecule has 1 N–H and O–H groups in total. The fraction of sp³-hybridized carbons (Fsp3) is 0.125. The maximum absolute atomic E-state index is 13.3. The van der Waals surface area contributed by atoms with E-state index in [4.69, 9.17) is 4.74 Å². The molecule has 1 aliphatic rings. The molecule has 1 aliphatic heterocycles. The van der Waals surface area contributed by atoms with Crippen LogP contribution >= 0.6 is 0 Å². The quantitative estimate of drug-likeness (QED) is 0.254. The minimum atomic E-state index is -4.66. The minimum absolute atomic E-state index is 0.0423. The van der Waals surface area contributed by atoms with Crippen LogP contribution in [0, 0.1) is 5.92 Å². The number of fused-ring (bicyclic) bond motifs is 1. The van der Waals surface area contributed by atoms with E-state index in [9.17, 15) is 32.3 Å². The number of carbonyl (C=O) groups is 4. The Kier molecular flexibility index (Phi) is 5.97. The predicted molar refractivity (Wildman–Crippen MR) is 112 cm³/mol. The van der Waals surface area contributed by atoms with Crippen LogP contribution in [-0.4, -0.2) is 28.4 Å². The highest BCUT2D eigenvalue weighted by Gasteiger charge is 2.46. The summed E-state index contributed by atoms with van der Waals surface area (Å²) in [6, 6.07) is 12.5. The molecule has 2 aromatic carbocycles. The SMILES string of the molecule is O=C(Nc1cccc(C(F)(F)F)c1)C(=O)[C@@H](C(=O)c1ccncc1)[C@@H]1OC(=O)c2ccccc21. The van der Waals surface area contributed by atoms with E-state index < -0.39 is 47.2 Å². The number of ether oxygens (including phenoxy) is 1. The molecule has 1 amide bonds. The fourth-order valence-corrected chi connectivity index (χ4v) is 3.62. The Morgan fingerprint density at radius 1 is 0.971 bits per heavy atom. The molecule has 0 aliphatic carbocycles. The summed E-state index contributed by atoms with van der Waals surface area (Å²) in [7, 11) is 0. The number of pyridine rings is 1. The molecule has 4 rings (SSSR count). The number of nitrogens with one attached hydrogen (secondary N) is 1. The zero-order chi connectivity index (χ0) is 24.5. The van der Waals surface area contributed by atoms with Crippen LogP contribution in [0.4, 0.5) is 18.9 Å². The summed E-state index contributed by atoms with van der Waals surface area (Å²) in [6.07, 6.45) is -3.42. The normalized spacial score (nSPS) is 15.7. The Labute approximate surface area is 190 Å². The smallest absolute Gasteiger partial charge is 0.416 e. The molecule has 172 valence electrons. The topological polar surface area (TPSA) is 102 Å². The third-order valence-corrected chi connectivity index (χ3v) is 5.23. The maximum atomic E-state index is 13.3. The molecule has 0 radical (unpaired) electrons. The summed E-state index contributed by atoms with van der Waals surface area (Å²) in [4.78, 5) is 55.3. The zero-order valence-electron chi connectivity index (χ0n) is 17.2. The molecule has 2 atom stereocenters. The van der Waals surface area contributed by atoms with Crippen molar-refractivity contribution < 1.29 is 37.1 Å². The molecule has 10 heteroatoms. The molecule has 7 nitrogen and oxygen atoms in total. The van der Waals surface area contributed by atoms with Gasteiger partial charge in [-0.15, -0.1) is 0 Å². The lowest BCUT2D eigenvalue weighted by Crippen LogP contribution is -2.38. The number of benzene rings is 2. The van der Waals surface area contributed by atoms with Gasteiger partial charge in [-0.05, 0) is 36.4 Å². The van der Waals surface area contributed by atoms with Gasteiger partial charge in [0.2, 0.25) is 5.78 Å². The van der Waals surface area contributed by atoms with Crippen LogP contribution in [-0.2, 0) is 20.5 Å². The molecule has 34 heavy (non-hydrogen) atoms. The first-order valence-electron chi connectivity index (χ1n) is 9.93. The third kappa shape index (κ3) is 4.42. The van der Waals surface area contributed by atoms with Gasteiger partial charge in [0.25, 0.3) is 5.91 Å². The van der Waals surface area contributed by atoms with Crippen LogP contribution in [0.25, 0.3) is 0 Å². The Morgan fingerprint density at radius 3 is 2.38 bits per heavy atom. The number of cyclic esters (lactones) is 1. The summed E-state index contributed by atoms with van der Waals surface area (Å²) in [5.74, 6) is -5.93. The molecular weight excluding hydrogens is 453 g/mol. The summed E-state index contributed by atoms with van der Waals surface area (Å²) < 4.78 is 44.3. The van der Waals surface area contributed by atoms with Crippen molar-refractivity contribution in [2.45, 2.75) is 12.3 Å². The van der Waals surface area contributed by atoms with Crippen molar-refractivity contribution in [2.24, 2.45) is 5.92 Å². The summed E-state index contributed by atoms with van der Waals surface area (Å²) >= 11 is 0. The van der Waals surface area contributed by atoms with E-state index in [-0.39, 0.29) is 22.4 Å². The van der Waals surface area contributed by atoms with Gasteiger partial charge in [0.15, 0.2) is 5.78 Å². The first kappa shape index (κ1) is 22.8. The second-order valence-corrected chi connectivity index (χ2v) is 7.39. The Bertz CT molecular complexity index is 1290. The number of aromatic nitrogens is 1. The lowest BCUT2D eigenvalue weighted by atomic mass is 9.85. The van der Waals surface area contributed by atoms with Gasteiger partial charge in [0, 0.05) is 29.2 Å². The number of Topliss-reactive ketones (excluding diaryl/α,β-unsaturated/α-hetero) is 2. The van der Waals surface area contributed by atoms with Crippen LogP contribution in [0.1, 0.15) is 37.9 Å². The molecular formula is C24H15F3N2O5. The van der Waals surface area contributed by atoms with Crippen molar-refractivity contribution in [1.82, 2.24) is 4.98 Å². The van der Waals surface area contributed by atoms with Crippen molar-refractivity contribution in [2.75, 3.05) is 5.32 Å². The van der Waals surface area contributed by atoms with Crippen LogP contribution in [0.3, 0.4) is 0 Å². The van der Waals surface area contributed by atoms with Crippen LogP contribution in [0.2, 0.25) is 0 Å². The number of carbonyl (C=O) groups excluding carboxylic acids is 4. The minimum Gasteiger partial charge on any atom is -0.453 e. The van der Waals surface area contributed by atoms with E-state index in [0.29, 0.717) is 6.07 Å². The molecule has 0 spiro atoms. The largest absolute Gasteiger partial charge is 0.453 e. The highest BCUT2D eigenvalue weighted by Crippen LogP contribution is 2.38. The van der Waals surface area contributed by atoms with E-state index in [1.165, 1.54) is 42.7 Å². The Morgan fingerprint density at radius 2 is 1.68 bits per heavy atom. The van der Waals surface area contributed by atoms with Crippen molar-refractivity contribution >= 4 is 29.1 Å². The summed E-state index contributed by atoms with van der Waals surface area (Å²) in [6.45, 7) is 0. The Hall–Kier alpha value is -4.34. The van der Waals surface area contributed by atoms with Gasteiger partial charge in [-0.1, -0.05) is 24.3 Å². The highest BCUT2D eigenvalue weighted by molar-refractivity contribution is 6.45. The lowest BCUT2D eigenvalue weighted by molar-refractivity contribution is -0.138. The number of hydrogen-bond donors (Lipinski definition) is 1. The molecule has 0 saturated heterocycles. The monoisotopic (exact) mass is 468 g/mol. The average Bonchev–Trinajstić information content (AvgIpc) is 3.15. The first-order chi connectivity index (χ1) is 16.2. The number of ketones is 2. The van der Waals surface area contributed by atoms with Gasteiger partial charge < -0.3 is 10.1 Å². The molecule has 0 saturated carbocycles. The predicted octanol–water partition coefficient (Wildman–Crippen LogP) is 4.02. The maximum Gasteiger partial charge on any atom is 0.416 e. The number of amides is 1. The average molecular weight is 468 g/mol. The first-order valence-corrected chi connectivity index (χ1v) is 9.93. The molecule has 1 aromatic heterocycles. The van der Waals surface area contributed by atoms with Gasteiger partial charge >= 0.3 is 12.1 Å². The van der Waals surface area contributed by atoms with Crippen molar-refractivity contribution in [3.63, 3.8) is 0 Å². The molecule has 0 bridgehead atoms. The van der Waals surface area contributed by atoms with Crippen molar-refractivity contribution in [3.8, 4) is 0 Å². The van der Waals surface area contributed by atoms with E-state index in [1.807, 2.05) is 0 Å². The number of esters is 1. The molecule has 0 unspecified atom stereocenters. The molecule has 2 heterocycles. The van der Waals surface area contributed by atoms with Gasteiger partial charge in [0.1, 0.15) is 12.0 Å². The van der Waals surface area contributed by atoms with Crippen molar-refractivity contribution in [3.05, 3.63) is 95.3 Å². The Balaban J connectivity index is 1.68. The second-order valence-electron chi connectivity index (χ2n) is 7.39. The molecule has 0 fully saturated rings. The fourth-order valence-electron chi connectivity index (χ4n) is 3.62. The van der Waals surface area contributed by atoms with Crippen LogP contribution in [0.15, 0.2) is 73.1 Å². The van der Waals surface area contributed by atoms with Crippen molar-refractivity contribution in [1.29, 1.82) is 0 Å². The van der Waals surface area contributed by atoms with Gasteiger partial charge in [-0.2, -0.15) is 13.2 Å². The highest BCUT2D eigenvalue weighted by atomic mass is 19.4. The van der Waals surface area contributed by atoms with E-state index >= 15 is 0 Å². The zero-order valence-corrected chi connectivity index (χ0v) is 17.2. The molecule has 3 aromatic rings. The number of rotatable bonds is 6. The number of hydrogen-bond acceptors (Lipinski definition) is 6. The van der Waals surface area contributed by atoms with E-state index in [2.05, 4.69) is 10.3 Å². The summed E-state index contributed by atoms with van der Waals surface area (Å²) in [5, 5.41) is 2.11. The number of anilines is 1. The van der Waals surface area contributed by atoms with E-state index in [0.717, 1.165) is 12.1 Å². The van der Waals surface area contributed by atoms with Crippen LogP contribution < -0.4 is 5.32 Å².